The van der Waals surface area contributed by atoms with Gasteiger partial charge in [0.2, 0.25) is 5.91 Å². The topological polar surface area (TPSA) is 114 Å². The monoisotopic (exact) mass is 1070 g/mol. The molecule has 0 spiro atoms. The fraction of sp³-hybridized carbons (Fsp3) is 0.754. The van der Waals surface area contributed by atoms with Crippen LogP contribution in [0.4, 0.5) is 0 Å². The lowest BCUT2D eigenvalue weighted by atomic mass is 10.0. The van der Waals surface area contributed by atoms with Crippen molar-refractivity contribution in [3.05, 3.63) is 85.1 Å². The minimum Gasteiger partial charge on any atom is -0.756 e. The lowest BCUT2D eigenvalue weighted by Gasteiger charge is -2.30. The molecule has 0 radical (unpaired) electrons. The first-order valence-electron chi connectivity index (χ1n) is 30.9. The average molecular weight is 1070 g/mol. The van der Waals surface area contributed by atoms with E-state index in [0.29, 0.717) is 17.4 Å². The molecule has 1 amide bonds. The van der Waals surface area contributed by atoms with Crippen LogP contribution in [0, 0.1) is 0 Å². The van der Waals surface area contributed by atoms with Gasteiger partial charge < -0.3 is 28.5 Å². The maximum Gasteiger partial charge on any atom is 0.306 e. The van der Waals surface area contributed by atoms with Crippen molar-refractivity contribution in [1.82, 2.24) is 5.32 Å². The first-order chi connectivity index (χ1) is 36.4. The molecule has 0 aliphatic rings. The number of quaternary nitrogens is 1. The molecule has 434 valence electrons. The predicted octanol–water partition coefficient (Wildman–Crippen LogP) is 18.4. The summed E-state index contributed by atoms with van der Waals surface area (Å²) in [6.45, 7) is 6.69. The van der Waals surface area contributed by atoms with Crippen molar-refractivity contribution in [3.8, 4) is 0 Å². The van der Waals surface area contributed by atoms with E-state index in [1.165, 1.54) is 141 Å². The van der Waals surface area contributed by atoms with Crippen LogP contribution in [0.3, 0.4) is 0 Å². The number of carbonyl (C=O) groups excluding carboxylic acids is 2. The fourth-order valence-electron chi connectivity index (χ4n) is 8.55. The minimum absolute atomic E-state index is 0.0361. The number of nitrogens with one attached hydrogen (secondary N) is 1. The highest BCUT2D eigenvalue weighted by molar-refractivity contribution is 7.45. The molecule has 0 fully saturated rings. The minimum atomic E-state index is -4.72. The number of phosphoric acid groups is 1. The molecule has 0 rings (SSSR count). The summed E-state index contributed by atoms with van der Waals surface area (Å²) >= 11 is 0. The number of allylic oxidation sites excluding steroid dienone is 13. The van der Waals surface area contributed by atoms with Crippen molar-refractivity contribution in [2.75, 3.05) is 40.9 Å². The van der Waals surface area contributed by atoms with E-state index in [0.717, 1.165) is 83.5 Å². The smallest absolute Gasteiger partial charge is 0.306 e. The molecule has 0 heterocycles. The second kappa shape index (κ2) is 54.5. The van der Waals surface area contributed by atoms with Crippen LogP contribution in [0.2, 0.25) is 0 Å². The van der Waals surface area contributed by atoms with Crippen LogP contribution >= 0.6 is 7.82 Å². The molecule has 3 unspecified atom stereocenters. The summed E-state index contributed by atoms with van der Waals surface area (Å²) in [5.74, 6) is -0.611. The molecule has 10 heteroatoms. The van der Waals surface area contributed by atoms with E-state index in [4.69, 9.17) is 13.8 Å². The van der Waals surface area contributed by atoms with Crippen molar-refractivity contribution >= 4 is 19.7 Å². The number of rotatable bonds is 55. The van der Waals surface area contributed by atoms with Crippen molar-refractivity contribution < 1.29 is 37.3 Å². The number of hydrogen-bond donors (Lipinski definition) is 1. The van der Waals surface area contributed by atoms with Crippen molar-refractivity contribution in [1.29, 1.82) is 0 Å². The largest absolute Gasteiger partial charge is 0.756 e. The number of esters is 1. The summed E-state index contributed by atoms with van der Waals surface area (Å²) in [7, 11) is 1.14. The summed E-state index contributed by atoms with van der Waals surface area (Å²) in [5.41, 5.74) is 0. The molecule has 3 atom stereocenters. The van der Waals surface area contributed by atoms with E-state index in [1.54, 1.807) is 0 Å². The van der Waals surface area contributed by atoms with Crippen molar-refractivity contribution in [2.45, 2.75) is 277 Å². The molecule has 0 saturated heterocycles. The van der Waals surface area contributed by atoms with Crippen molar-refractivity contribution in [3.63, 3.8) is 0 Å². The van der Waals surface area contributed by atoms with Gasteiger partial charge in [-0.3, -0.25) is 14.2 Å². The van der Waals surface area contributed by atoms with Crippen LogP contribution in [0.25, 0.3) is 0 Å². The number of hydrogen-bond acceptors (Lipinski definition) is 7. The number of ether oxygens (including phenoxy) is 1. The summed E-state index contributed by atoms with van der Waals surface area (Å²) in [6.07, 6.45) is 71.3. The summed E-state index contributed by atoms with van der Waals surface area (Å²) in [5, 5.41) is 2.99. The van der Waals surface area contributed by atoms with Crippen LogP contribution in [-0.2, 0) is 27.9 Å². The first-order valence-corrected chi connectivity index (χ1v) is 32.4. The Morgan fingerprint density at radius 3 is 1.32 bits per heavy atom. The van der Waals surface area contributed by atoms with Crippen LogP contribution in [0.15, 0.2) is 85.1 Å². The van der Waals surface area contributed by atoms with Crippen LogP contribution in [-0.4, -0.2) is 69.4 Å². The Morgan fingerprint density at radius 2 is 0.867 bits per heavy atom. The lowest BCUT2D eigenvalue weighted by Crippen LogP contribution is -2.47. The Kier molecular flexibility index (Phi) is 52.5. The number of unbranched alkanes of at least 4 members (excludes halogenated alkanes) is 27. The van der Waals surface area contributed by atoms with Crippen molar-refractivity contribution in [2.24, 2.45) is 0 Å². The molecule has 0 aliphatic heterocycles. The summed E-state index contributed by atoms with van der Waals surface area (Å²) < 4.78 is 30.3. The van der Waals surface area contributed by atoms with Crippen LogP contribution in [0.5, 0.6) is 0 Å². The molecule has 0 bridgehead atoms. The molecule has 0 aromatic rings. The number of likely N-dealkylation sites (N-methyl/N-ethyl adjacent to an activating group) is 1. The molecular formula is C65H117N2O7P. The highest BCUT2D eigenvalue weighted by Crippen LogP contribution is 2.38. The average Bonchev–Trinajstić information content (AvgIpc) is 3.37. The van der Waals surface area contributed by atoms with Gasteiger partial charge in [0.1, 0.15) is 19.3 Å². The summed E-state index contributed by atoms with van der Waals surface area (Å²) in [4.78, 5) is 40.0. The highest BCUT2D eigenvalue weighted by atomic mass is 31.2. The quantitative estimate of drug-likeness (QED) is 0.0212. The number of carbonyl (C=O) groups is 2. The van der Waals surface area contributed by atoms with Crippen LogP contribution < -0.4 is 10.2 Å². The van der Waals surface area contributed by atoms with Gasteiger partial charge in [-0.15, -0.1) is 0 Å². The zero-order valence-electron chi connectivity index (χ0n) is 49.5. The van der Waals surface area contributed by atoms with Gasteiger partial charge in [-0.25, -0.2) is 0 Å². The SMILES string of the molecule is CC/C=C\C/C=C\C/C=C\C/C=C\C/C=C\CCCC(=O)NC(COP(=O)([O-])OCC[N+](C)(C)C)C(/C=C/CCCCCCCCCCCCC)OC(=O)CCCCCCCCCCC/C=C/CCCCCCCC. The van der Waals surface area contributed by atoms with E-state index < -0.39 is 26.6 Å². The zero-order chi connectivity index (χ0) is 55.0. The Bertz CT molecular complexity index is 1560. The molecule has 75 heavy (non-hydrogen) atoms. The predicted molar refractivity (Wildman–Crippen MR) is 321 cm³/mol. The Morgan fingerprint density at radius 1 is 0.480 bits per heavy atom. The molecule has 0 saturated carbocycles. The molecular weight excluding hydrogens is 952 g/mol. The molecule has 0 aliphatic carbocycles. The van der Waals surface area contributed by atoms with Gasteiger partial charge in [-0.05, 0) is 96.0 Å². The highest BCUT2D eigenvalue weighted by Gasteiger charge is 2.27. The van der Waals surface area contributed by atoms with Gasteiger partial charge in [-0.1, -0.05) is 241 Å². The van der Waals surface area contributed by atoms with Gasteiger partial charge in [0.05, 0.1) is 33.8 Å². The second-order valence-electron chi connectivity index (χ2n) is 21.8. The fourth-order valence-corrected chi connectivity index (χ4v) is 9.28. The van der Waals surface area contributed by atoms with E-state index in [1.807, 2.05) is 33.3 Å². The van der Waals surface area contributed by atoms with Crippen LogP contribution in [0.1, 0.15) is 265 Å². The number of phosphoric ester groups is 1. The van der Waals surface area contributed by atoms with Gasteiger partial charge >= 0.3 is 5.97 Å². The Labute approximate surface area is 463 Å². The maximum atomic E-state index is 13.5. The lowest BCUT2D eigenvalue weighted by molar-refractivity contribution is -0.870. The molecule has 9 nitrogen and oxygen atoms in total. The molecule has 0 aromatic carbocycles. The maximum absolute atomic E-state index is 13.5. The van der Waals surface area contributed by atoms with Gasteiger partial charge in [0.25, 0.3) is 7.82 Å². The van der Waals surface area contributed by atoms with E-state index in [2.05, 4.69) is 99.0 Å². The second-order valence-corrected chi connectivity index (χ2v) is 23.2. The van der Waals surface area contributed by atoms with E-state index in [9.17, 15) is 19.0 Å². The molecule has 0 aromatic heterocycles. The standard InChI is InChI=1S/C65H117N2O7P/c1-7-10-13-16-19-22-25-28-30-32-33-35-37-40-43-46-49-52-55-58-65(69)74-63(56-53-50-47-44-41-38-27-24-21-18-15-12-9-3)62(61-73-75(70,71)72-60-59-67(4,5)6)66-64(68)57-54-51-48-45-42-39-36-34-31-29-26-23-20-17-14-11-8-2/h11,14,20,23,28-31,36,39,45,48,53,56,62-63H,7-10,12-13,15-19,21-22,24-27,32-35,37-38,40-44,46-47,49-52,54-55,57-61H2,1-6H3,(H-,66,68,70,71)/b14-11-,23-20-,30-28+,31-29-,39-36-,48-45-,56-53+. The van der Waals surface area contributed by atoms with E-state index >= 15 is 0 Å². The first kappa shape index (κ1) is 72.2. The summed E-state index contributed by atoms with van der Waals surface area (Å²) in [6, 6.07) is -0.922. The zero-order valence-corrected chi connectivity index (χ0v) is 50.4. The third-order valence-electron chi connectivity index (χ3n) is 13.3. The Balaban J connectivity index is 5.38. The third kappa shape index (κ3) is 55.7. The normalized spacial score (nSPS) is 14.3. The third-order valence-corrected chi connectivity index (χ3v) is 14.3. The molecule has 1 N–H and O–H groups in total. The Hall–Kier alpha value is -2.81. The van der Waals surface area contributed by atoms with Gasteiger partial charge in [0, 0.05) is 12.8 Å². The van der Waals surface area contributed by atoms with E-state index in [-0.39, 0.29) is 31.3 Å². The van der Waals surface area contributed by atoms with Gasteiger partial charge in [0.15, 0.2) is 0 Å². The van der Waals surface area contributed by atoms with Gasteiger partial charge in [-0.2, -0.15) is 0 Å². The number of amides is 1. The number of nitrogens with zero attached hydrogens (tertiary/aromatic N) is 1.